The molecule has 0 aromatic heterocycles. The summed E-state index contributed by atoms with van der Waals surface area (Å²) in [4.78, 5) is 12.2. The molecule has 92 valence electrons. The van der Waals surface area contributed by atoms with Crippen LogP contribution in [0.5, 0.6) is 5.75 Å². The summed E-state index contributed by atoms with van der Waals surface area (Å²) in [6.45, 7) is 3.01. The van der Waals surface area contributed by atoms with E-state index in [0.29, 0.717) is 24.7 Å². The summed E-state index contributed by atoms with van der Waals surface area (Å²) in [6.07, 6.45) is 0.786. The van der Waals surface area contributed by atoms with Crippen molar-refractivity contribution in [3.05, 3.63) is 24.3 Å². The molecule has 0 unspecified atom stereocenters. The van der Waals surface area contributed by atoms with Gasteiger partial charge in [-0.1, -0.05) is 19.1 Å². The van der Waals surface area contributed by atoms with E-state index >= 15 is 0 Å². The largest absolute Gasteiger partial charge is 0.495 e. The van der Waals surface area contributed by atoms with Crippen molar-refractivity contribution >= 4 is 11.6 Å². The highest BCUT2D eigenvalue weighted by Crippen LogP contribution is 2.34. The van der Waals surface area contributed by atoms with Gasteiger partial charge in [-0.15, -0.1) is 0 Å². The van der Waals surface area contributed by atoms with E-state index in [9.17, 15) is 4.79 Å². The molecular weight excluding hydrogens is 218 g/mol. The molecule has 1 saturated heterocycles. The Hall–Kier alpha value is -1.55. The maximum absolute atomic E-state index is 12.2. The van der Waals surface area contributed by atoms with Gasteiger partial charge >= 0.3 is 0 Å². The molecule has 17 heavy (non-hydrogen) atoms. The van der Waals surface area contributed by atoms with Crippen molar-refractivity contribution in [2.24, 2.45) is 5.41 Å². The summed E-state index contributed by atoms with van der Waals surface area (Å²) in [5.74, 6) is 0.683. The van der Waals surface area contributed by atoms with E-state index in [4.69, 9.17) is 9.47 Å². The number of carbonyl (C=O) groups is 1. The topological polar surface area (TPSA) is 47.6 Å². The van der Waals surface area contributed by atoms with Crippen LogP contribution >= 0.6 is 0 Å². The Morgan fingerprint density at radius 2 is 2.18 bits per heavy atom. The lowest BCUT2D eigenvalue weighted by atomic mass is 9.82. The fraction of sp³-hybridized carbons (Fsp3) is 0.462. The third-order valence-corrected chi connectivity index (χ3v) is 3.27. The number of anilines is 1. The van der Waals surface area contributed by atoms with Crippen molar-refractivity contribution in [2.75, 3.05) is 25.6 Å². The van der Waals surface area contributed by atoms with Crippen molar-refractivity contribution in [1.82, 2.24) is 0 Å². The molecule has 0 aliphatic carbocycles. The number of para-hydroxylation sites is 2. The van der Waals surface area contributed by atoms with E-state index in [1.807, 2.05) is 31.2 Å². The second kappa shape index (κ2) is 4.75. The Bertz CT molecular complexity index is 407. The molecule has 0 saturated carbocycles. The Balaban J connectivity index is 2.12. The molecule has 1 aliphatic rings. The second-order valence-corrected chi connectivity index (χ2v) is 4.28. The number of amides is 1. The molecule has 0 bridgehead atoms. The summed E-state index contributed by atoms with van der Waals surface area (Å²) in [5.41, 5.74) is 0.348. The van der Waals surface area contributed by atoms with Gasteiger partial charge in [0.1, 0.15) is 5.75 Å². The minimum Gasteiger partial charge on any atom is -0.495 e. The van der Waals surface area contributed by atoms with Crippen molar-refractivity contribution in [3.63, 3.8) is 0 Å². The Labute approximate surface area is 101 Å². The van der Waals surface area contributed by atoms with Crippen molar-refractivity contribution in [3.8, 4) is 5.75 Å². The zero-order chi connectivity index (χ0) is 12.3. The van der Waals surface area contributed by atoms with Crippen LogP contribution in [0.15, 0.2) is 24.3 Å². The van der Waals surface area contributed by atoms with E-state index in [0.717, 1.165) is 6.42 Å². The third-order valence-electron chi connectivity index (χ3n) is 3.27. The highest BCUT2D eigenvalue weighted by molar-refractivity contribution is 5.97. The molecule has 1 aromatic rings. The normalized spacial score (nSPS) is 17.1. The van der Waals surface area contributed by atoms with Gasteiger partial charge in [-0.25, -0.2) is 0 Å². The van der Waals surface area contributed by atoms with Crippen LogP contribution in [0.3, 0.4) is 0 Å². The number of hydrogen-bond acceptors (Lipinski definition) is 3. The average molecular weight is 235 g/mol. The molecule has 0 radical (unpaired) electrons. The maximum atomic E-state index is 12.2. The van der Waals surface area contributed by atoms with E-state index in [-0.39, 0.29) is 11.3 Å². The first-order valence-corrected chi connectivity index (χ1v) is 5.74. The summed E-state index contributed by atoms with van der Waals surface area (Å²) in [6, 6.07) is 7.40. The van der Waals surface area contributed by atoms with Crippen LogP contribution in [0.1, 0.15) is 13.3 Å². The SMILES string of the molecule is CCC1(C(=O)Nc2ccccc2OC)COC1. The molecule has 0 atom stereocenters. The lowest BCUT2D eigenvalue weighted by molar-refractivity contribution is -0.156. The highest BCUT2D eigenvalue weighted by atomic mass is 16.5. The number of benzene rings is 1. The van der Waals surface area contributed by atoms with Crippen LogP contribution in [0.2, 0.25) is 0 Å². The van der Waals surface area contributed by atoms with Crippen molar-refractivity contribution < 1.29 is 14.3 Å². The van der Waals surface area contributed by atoms with Crippen LogP contribution in [0.4, 0.5) is 5.69 Å². The fourth-order valence-electron chi connectivity index (χ4n) is 1.85. The van der Waals surface area contributed by atoms with Crippen molar-refractivity contribution in [1.29, 1.82) is 0 Å². The van der Waals surface area contributed by atoms with E-state index < -0.39 is 0 Å². The maximum Gasteiger partial charge on any atom is 0.235 e. The van der Waals surface area contributed by atoms with Gasteiger partial charge < -0.3 is 14.8 Å². The van der Waals surface area contributed by atoms with E-state index in [2.05, 4.69) is 5.32 Å². The second-order valence-electron chi connectivity index (χ2n) is 4.28. The predicted molar refractivity (Wildman–Crippen MR) is 65.2 cm³/mol. The lowest BCUT2D eigenvalue weighted by Crippen LogP contribution is -2.51. The van der Waals surface area contributed by atoms with Crippen LogP contribution in [0.25, 0.3) is 0 Å². The third kappa shape index (κ3) is 2.13. The molecular formula is C13H17NO3. The van der Waals surface area contributed by atoms with E-state index in [1.54, 1.807) is 7.11 Å². The molecule has 4 nitrogen and oxygen atoms in total. The minimum atomic E-state index is -0.360. The monoisotopic (exact) mass is 235 g/mol. The standard InChI is InChI=1S/C13H17NO3/c1-3-13(8-17-9-13)12(15)14-10-6-4-5-7-11(10)16-2/h4-7H,3,8-9H2,1-2H3,(H,14,15). The molecule has 1 aromatic carbocycles. The Kier molecular flexibility index (Phi) is 3.33. The Morgan fingerprint density at radius 3 is 2.71 bits per heavy atom. The van der Waals surface area contributed by atoms with Gasteiger partial charge in [0.15, 0.2) is 0 Å². The van der Waals surface area contributed by atoms with Gasteiger partial charge in [-0.2, -0.15) is 0 Å². The summed E-state index contributed by atoms with van der Waals surface area (Å²) < 4.78 is 10.4. The number of rotatable bonds is 4. The molecule has 1 amide bonds. The smallest absolute Gasteiger partial charge is 0.235 e. The van der Waals surface area contributed by atoms with Crippen LogP contribution in [-0.4, -0.2) is 26.2 Å². The number of hydrogen-bond donors (Lipinski definition) is 1. The molecule has 2 rings (SSSR count). The van der Waals surface area contributed by atoms with Crippen LogP contribution in [-0.2, 0) is 9.53 Å². The molecule has 1 aliphatic heterocycles. The van der Waals surface area contributed by atoms with Crippen LogP contribution < -0.4 is 10.1 Å². The van der Waals surface area contributed by atoms with Crippen molar-refractivity contribution in [2.45, 2.75) is 13.3 Å². The molecule has 0 spiro atoms. The van der Waals surface area contributed by atoms with Gasteiger partial charge in [0.05, 0.1) is 31.4 Å². The van der Waals surface area contributed by atoms with Crippen LogP contribution in [0, 0.1) is 5.41 Å². The number of ether oxygens (including phenoxy) is 2. The zero-order valence-corrected chi connectivity index (χ0v) is 10.2. The first kappa shape index (κ1) is 11.9. The predicted octanol–water partition coefficient (Wildman–Crippen LogP) is 2.06. The number of methoxy groups -OCH3 is 1. The summed E-state index contributed by atoms with van der Waals surface area (Å²) in [7, 11) is 1.59. The van der Waals surface area contributed by atoms with Gasteiger partial charge in [-0.3, -0.25) is 4.79 Å². The van der Waals surface area contributed by atoms with E-state index in [1.165, 1.54) is 0 Å². The molecule has 1 fully saturated rings. The van der Waals surface area contributed by atoms with Gasteiger partial charge in [0.2, 0.25) is 5.91 Å². The Morgan fingerprint density at radius 1 is 1.47 bits per heavy atom. The summed E-state index contributed by atoms with van der Waals surface area (Å²) >= 11 is 0. The number of nitrogens with one attached hydrogen (secondary N) is 1. The zero-order valence-electron chi connectivity index (χ0n) is 10.2. The quantitative estimate of drug-likeness (QED) is 0.869. The highest BCUT2D eigenvalue weighted by Gasteiger charge is 2.44. The first-order chi connectivity index (χ1) is 8.22. The minimum absolute atomic E-state index is 0.00995. The first-order valence-electron chi connectivity index (χ1n) is 5.74. The summed E-state index contributed by atoms with van der Waals surface area (Å²) in [5, 5.41) is 2.91. The van der Waals surface area contributed by atoms with Gasteiger partial charge in [-0.05, 0) is 18.6 Å². The molecule has 1 N–H and O–H groups in total. The van der Waals surface area contributed by atoms with Gasteiger partial charge in [0, 0.05) is 0 Å². The fourth-order valence-corrected chi connectivity index (χ4v) is 1.85. The lowest BCUT2D eigenvalue weighted by Gasteiger charge is -2.39. The molecule has 1 heterocycles. The average Bonchev–Trinajstić information content (AvgIpc) is 2.29. The van der Waals surface area contributed by atoms with Gasteiger partial charge in [0.25, 0.3) is 0 Å². The molecule has 4 heteroatoms. The number of carbonyl (C=O) groups excluding carboxylic acids is 1.